The Labute approximate surface area is 167 Å². The van der Waals surface area contributed by atoms with Gasteiger partial charge < -0.3 is 0 Å². The number of carbonyl (C=O) groups excluding carboxylic acids is 2. The second-order valence-corrected chi connectivity index (χ2v) is 6.92. The Hall–Kier alpha value is -1.64. The monoisotopic (exact) mass is 491 g/mol. The van der Waals surface area contributed by atoms with Gasteiger partial charge in [0.25, 0.3) is 5.91 Å². The molecule has 0 unspecified atom stereocenters. The summed E-state index contributed by atoms with van der Waals surface area (Å²) in [6.07, 6.45) is 0.644. The standard InChI is InChI=1S/C10H11BrFNO2.C8H6BrFO/c1-6-7(10(14)13(2)15-3)4-5-8(11)9(6)12;1-5-6(4-11)2-3-7(9)8(5)10/h4-5H,1-3H3;2-4H,1H3. The average molecular weight is 493 g/mol. The highest BCUT2D eigenvalue weighted by Crippen LogP contribution is 2.22. The summed E-state index contributed by atoms with van der Waals surface area (Å²) in [5, 5.41) is 1.05. The molecule has 2 aromatic rings. The van der Waals surface area contributed by atoms with E-state index in [0.29, 0.717) is 37.5 Å². The first-order valence-electron chi connectivity index (χ1n) is 7.32. The lowest BCUT2D eigenvalue weighted by atomic mass is 10.1. The number of rotatable bonds is 3. The van der Waals surface area contributed by atoms with Gasteiger partial charge in [-0.25, -0.2) is 13.8 Å². The van der Waals surface area contributed by atoms with E-state index in [9.17, 15) is 18.4 Å². The maximum Gasteiger partial charge on any atom is 0.277 e. The smallest absolute Gasteiger partial charge is 0.277 e. The van der Waals surface area contributed by atoms with Gasteiger partial charge in [-0.2, -0.15) is 0 Å². The summed E-state index contributed by atoms with van der Waals surface area (Å²) in [4.78, 5) is 26.7. The zero-order chi connectivity index (χ0) is 20.0. The molecule has 0 atom stereocenters. The first-order valence-corrected chi connectivity index (χ1v) is 8.90. The van der Waals surface area contributed by atoms with E-state index in [4.69, 9.17) is 4.84 Å². The fraction of sp³-hybridized carbons (Fsp3) is 0.222. The molecule has 0 aliphatic rings. The van der Waals surface area contributed by atoms with Crippen LogP contribution < -0.4 is 0 Å². The van der Waals surface area contributed by atoms with Gasteiger partial charge in [0.2, 0.25) is 0 Å². The van der Waals surface area contributed by atoms with Crippen molar-refractivity contribution in [3.05, 3.63) is 67.1 Å². The molecule has 0 aliphatic carbocycles. The van der Waals surface area contributed by atoms with Crippen LogP contribution in [0.3, 0.4) is 0 Å². The van der Waals surface area contributed by atoms with Gasteiger partial charge in [0.05, 0.1) is 16.1 Å². The predicted molar refractivity (Wildman–Crippen MR) is 102 cm³/mol. The molecule has 2 aromatic carbocycles. The fourth-order valence-electron chi connectivity index (χ4n) is 1.93. The molecule has 0 spiro atoms. The molecule has 0 radical (unpaired) electrons. The average Bonchev–Trinajstić information content (AvgIpc) is 2.64. The number of nitrogens with zero attached hydrogens (tertiary/aromatic N) is 1. The summed E-state index contributed by atoms with van der Waals surface area (Å²) in [5.74, 6) is -1.17. The van der Waals surface area contributed by atoms with Crippen molar-refractivity contribution in [2.24, 2.45) is 0 Å². The van der Waals surface area contributed by atoms with Crippen LogP contribution in [0.25, 0.3) is 0 Å². The van der Waals surface area contributed by atoms with Crippen molar-refractivity contribution in [1.29, 1.82) is 0 Å². The molecule has 0 heterocycles. The zero-order valence-corrected chi connectivity index (χ0v) is 17.7. The Morgan fingerprint density at radius 1 is 1.04 bits per heavy atom. The molecule has 26 heavy (non-hydrogen) atoms. The van der Waals surface area contributed by atoms with Crippen molar-refractivity contribution < 1.29 is 23.2 Å². The highest BCUT2D eigenvalue weighted by molar-refractivity contribution is 9.10. The van der Waals surface area contributed by atoms with Crippen molar-refractivity contribution >= 4 is 44.1 Å². The van der Waals surface area contributed by atoms with Crippen LogP contribution in [-0.2, 0) is 4.84 Å². The van der Waals surface area contributed by atoms with Gasteiger partial charge in [0, 0.05) is 18.2 Å². The molecule has 8 heteroatoms. The highest BCUT2D eigenvalue weighted by atomic mass is 79.9. The van der Waals surface area contributed by atoms with Crippen LogP contribution in [0.2, 0.25) is 0 Å². The van der Waals surface area contributed by atoms with E-state index in [1.807, 2.05) is 0 Å². The van der Waals surface area contributed by atoms with Crippen LogP contribution >= 0.6 is 31.9 Å². The predicted octanol–water partition coefficient (Wildman–Crippen LogP) is 5.24. The lowest BCUT2D eigenvalue weighted by Crippen LogP contribution is -2.26. The van der Waals surface area contributed by atoms with Crippen molar-refractivity contribution in [2.75, 3.05) is 14.2 Å². The first kappa shape index (κ1) is 22.4. The summed E-state index contributed by atoms with van der Waals surface area (Å²) in [7, 11) is 2.85. The van der Waals surface area contributed by atoms with E-state index >= 15 is 0 Å². The second-order valence-electron chi connectivity index (χ2n) is 5.21. The third-order valence-corrected chi connectivity index (χ3v) is 4.86. The topological polar surface area (TPSA) is 46.6 Å². The van der Waals surface area contributed by atoms with Crippen LogP contribution in [0, 0.1) is 25.5 Å². The quantitative estimate of drug-likeness (QED) is 0.435. The van der Waals surface area contributed by atoms with E-state index in [1.54, 1.807) is 26.0 Å². The lowest BCUT2D eigenvalue weighted by molar-refractivity contribution is -0.0757. The summed E-state index contributed by atoms with van der Waals surface area (Å²) < 4.78 is 27.2. The highest BCUT2D eigenvalue weighted by Gasteiger charge is 2.17. The van der Waals surface area contributed by atoms with E-state index in [0.717, 1.165) is 5.06 Å². The third-order valence-electron chi connectivity index (χ3n) is 3.64. The number of amides is 1. The van der Waals surface area contributed by atoms with Crippen molar-refractivity contribution in [2.45, 2.75) is 13.8 Å². The first-order chi connectivity index (χ1) is 12.1. The number of hydrogen-bond acceptors (Lipinski definition) is 3. The Morgan fingerprint density at radius 3 is 2.04 bits per heavy atom. The zero-order valence-electron chi connectivity index (χ0n) is 14.6. The molecule has 0 aliphatic heterocycles. The van der Waals surface area contributed by atoms with Gasteiger partial charge in [-0.15, -0.1) is 0 Å². The second kappa shape index (κ2) is 9.89. The molecule has 1 amide bonds. The number of hydrogen-bond donors (Lipinski definition) is 0. The molecule has 0 fully saturated rings. The van der Waals surface area contributed by atoms with Crippen LogP contribution in [-0.4, -0.2) is 31.4 Å². The van der Waals surface area contributed by atoms with Gasteiger partial charge in [-0.3, -0.25) is 14.4 Å². The van der Waals surface area contributed by atoms with E-state index in [1.165, 1.54) is 26.3 Å². The van der Waals surface area contributed by atoms with Crippen molar-refractivity contribution in [3.63, 3.8) is 0 Å². The molecule has 2 rings (SSSR count). The molecule has 0 aromatic heterocycles. The fourth-order valence-corrected chi connectivity index (χ4v) is 2.79. The molecule has 140 valence electrons. The van der Waals surface area contributed by atoms with E-state index < -0.39 is 5.82 Å². The third kappa shape index (κ3) is 5.18. The maximum atomic E-state index is 13.5. The van der Waals surface area contributed by atoms with E-state index in [2.05, 4.69) is 31.9 Å². The molecule has 0 saturated carbocycles. The minimum Gasteiger partial charge on any atom is -0.298 e. The Morgan fingerprint density at radius 2 is 1.54 bits per heavy atom. The summed E-state index contributed by atoms with van der Waals surface area (Å²) in [6, 6.07) is 6.15. The normalized spacial score (nSPS) is 10.0. The SMILES string of the molecule is CON(C)C(=O)c1ccc(Br)c(F)c1C.Cc1c(C=O)ccc(Br)c1F. The number of hydroxylamine groups is 2. The largest absolute Gasteiger partial charge is 0.298 e. The van der Waals surface area contributed by atoms with E-state index in [-0.39, 0.29) is 11.7 Å². The molecular formula is C18H17Br2F2NO3. The summed E-state index contributed by atoms with van der Waals surface area (Å²) in [5.41, 5.74) is 1.37. The Kier molecular flexibility index (Phi) is 8.52. The number of benzene rings is 2. The minimum absolute atomic E-state index is 0.292. The van der Waals surface area contributed by atoms with Crippen LogP contribution in [0.4, 0.5) is 8.78 Å². The minimum atomic E-state index is -0.426. The van der Waals surface area contributed by atoms with Crippen molar-refractivity contribution in [1.82, 2.24) is 5.06 Å². The molecule has 0 bridgehead atoms. The lowest BCUT2D eigenvalue weighted by Gasteiger charge is -2.15. The summed E-state index contributed by atoms with van der Waals surface area (Å²) >= 11 is 6.07. The van der Waals surface area contributed by atoms with Gasteiger partial charge in [-0.05, 0) is 75.0 Å². The van der Waals surface area contributed by atoms with Gasteiger partial charge in [-0.1, -0.05) is 6.07 Å². The summed E-state index contributed by atoms with van der Waals surface area (Å²) in [6.45, 7) is 3.13. The maximum absolute atomic E-state index is 13.5. The van der Waals surface area contributed by atoms with Gasteiger partial charge in [0.15, 0.2) is 0 Å². The number of halogens is 4. The molecule has 0 N–H and O–H groups in total. The van der Waals surface area contributed by atoms with Crippen LogP contribution in [0.1, 0.15) is 31.8 Å². The molecular weight excluding hydrogens is 476 g/mol. The molecule has 0 saturated heterocycles. The van der Waals surface area contributed by atoms with Gasteiger partial charge in [0.1, 0.15) is 17.9 Å². The van der Waals surface area contributed by atoms with Crippen molar-refractivity contribution in [3.8, 4) is 0 Å². The number of aldehydes is 1. The Bertz CT molecular complexity index is 829. The van der Waals surface area contributed by atoms with Gasteiger partial charge >= 0.3 is 0 Å². The van der Waals surface area contributed by atoms with Crippen LogP contribution in [0.5, 0.6) is 0 Å². The molecule has 4 nitrogen and oxygen atoms in total. The Balaban J connectivity index is 0.000000273. The number of carbonyl (C=O) groups is 2. The van der Waals surface area contributed by atoms with Crippen LogP contribution in [0.15, 0.2) is 33.2 Å².